The molecular formula is C13H17N5O. The number of hydrogen-bond acceptors (Lipinski definition) is 4. The average molecular weight is 259 g/mol. The van der Waals surface area contributed by atoms with E-state index in [4.69, 9.17) is 5.73 Å². The van der Waals surface area contributed by atoms with Crippen LogP contribution in [0.5, 0.6) is 0 Å². The van der Waals surface area contributed by atoms with Crippen LogP contribution in [0.3, 0.4) is 0 Å². The second kappa shape index (κ2) is 5.19. The molecule has 100 valence electrons. The van der Waals surface area contributed by atoms with E-state index in [0.717, 1.165) is 11.3 Å². The van der Waals surface area contributed by atoms with Crippen LogP contribution < -0.4 is 11.1 Å². The molecule has 0 spiro atoms. The predicted octanol–water partition coefficient (Wildman–Crippen LogP) is 1.00. The molecule has 19 heavy (non-hydrogen) atoms. The molecule has 1 amide bonds. The van der Waals surface area contributed by atoms with Gasteiger partial charge in [0.2, 0.25) is 5.91 Å². The van der Waals surface area contributed by atoms with Crippen molar-refractivity contribution >= 4 is 11.6 Å². The maximum atomic E-state index is 11.7. The Balaban J connectivity index is 2.01. The maximum Gasteiger partial charge on any atom is 0.243 e. The minimum absolute atomic E-state index is 0.212. The number of amides is 1. The van der Waals surface area contributed by atoms with E-state index in [0.29, 0.717) is 6.54 Å². The van der Waals surface area contributed by atoms with Gasteiger partial charge in [0.15, 0.2) is 0 Å². The minimum Gasteiger partial charge on any atom is -0.325 e. The summed E-state index contributed by atoms with van der Waals surface area (Å²) >= 11 is 0. The standard InChI is InChI=1S/C13H17N5O/c1-13(2,14)12(19)17-11-5-3-10(4-6-11)7-18-9-15-8-16-18/h3-6,8-9H,7,14H2,1-2H3,(H,17,19). The Kier molecular flexibility index (Phi) is 3.62. The van der Waals surface area contributed by atoms with Crippen molar-refractivity contribution in [2.45, 2.75) is 25.9 Å². The number of anilines is 1. The monoisotopic (exact) mass is 259 g/mol. The second-order valence-electron chi connectivity index (χ2n) is 4.97. The molecule has 0 saturated heterocycles. The van der Waals surface area contributed by atoms with E-state index in [2.05, 4.69) is 15.4 Å². The van der Waals surface area contributed by atoms with Crippen molar-refractivity contribution in [3.05, 3.63) is 42.5 Å². The molecule has 0 atom stereocenters. The smallest absolute Gasteiger partial charge is 0.243 e. The average Bonchev–Trinajstić information content (AvgIpc) is 2.83. The lowest BCUT2D eigenvalue weighted by molar-refractivity contribution is -0.120. The van der Waals surface area contributed by atoms with E-state index in [1.807, 2.05) is 24.3 Å². The summed E-state index contributed by atoms with van der Waals surface area (Å²) in [5, 5.41) is 6.80. The third-order valence-corrected chi connectivity index (χ3v) is 2.61. The Morgan fingerprint density at radius 1 is 1.37 bits per heavy atom. The van der Waals surface area contributed by atoms with Crippen LogP contribution in [0, 0.1) is 0 Å². The highest BCUT2D eigenvalue weighted by Crippen LogP contribution is 2.12. The molecule has 6 heteroatoms. The van der Waals surface area contributed by atoms with Crippen LogP contribution in [-0.2, 0) is 11.3 Å². The SMILES string of the molecule is CC(C)(N)C(=O)Nc1ccc(Cn2cncn2)cc1. The van der Waals surface area contributed by atoms with E-state index >= 15 is 0 Å². The summed E-state index contributed by atoms with van der Waals surface area (Å²) in [6, 6.07) is 7.55. The minimum atomic E-state index is -0.889. The number of hydrogen-bond donors (Lipinski definition) is 2. The molecule has 6 nitrogen and oxygen atoms in total. The summed E-state index contributed by atoms with van der Waals surface area (Å²) in [7, 11) is 0. The maximum absolute atomic E-state index is 11.7. The normalized spacial score (nSPS) is 11.3. The van der Waals surface area contributed by atoms with Crippen LogP contribution in [0.25, 0.3) is 0 Å². The predicted molar refractivity (Wildman–Crippen MR) is 72.5 cm³/mol. The lowest BCUT2D eigenvalue weighted by Gasteiger charge is -2.17. The van der Waals surface area contributed by atoms with E-state index in [1.165, 1.54) is 6.33 Å². The molecular weight excluding hydrogens is 242 g/mol. The lowest BCUT2D eigenvalue weighted by atomic mass is 10.1. The number of aromatic nitrogens is 3. The number of carbonyl (C=O) groups is 1. The molecule has 0 unspecified atom stereocenters. The summed E-state index contributed by atoms with van der Waals surface area (Å²) in [5.41, 5.74) is 6.63. The highest BCUT2D eigenvalue weighted by atomic mass is 16.2. The van der Waals surface area contributed by atoms with Crippen LogP contribution >= 0.6 is 0 Å². The quantitative estimate of drug-likeness (QED) is 0.857. The number of nitrogens with one attached hydrogen (secondary N) is 1. The van der Waals surface area contributed by atoms with Gasteiger partial charge in [0.25, 0.3) is 0 Å². The van der Waals surface area contributed by atoms with Crippen molar-refractivity contribution in [2.24, 2.45) is 5.73 Å². The Labute approximate surface area is 111 Å². The van der Waals surface area contributed by atoms with Crippen LogP contribution in [0.15, 0.2) is 36.9 Å². The van der Waals surface area contributed by atoms with Gasteiger partial charge in [-0.15, -0.1) is 0 Å². The van der Waals surface area contributed by atoms with Crippen molar-refractivity contribution in [1.82, 2.24) is 14.8 Å². The fraction of sp³-hybridized carbons (Fsp3) is 0.308. The van der Waals surface area contributed by atoms with Gasteiger partial charge in [-0.3, -0.25) is 4.79 Å². The Morgan fingerprint density at radius 3 is 2.58 bits per heavy atom. The fourth-order valence-corrected chi connectivity index (χ4v) is 1.49. The molecule has 0 fully saturated rings. The molecule has 0 saturated carbocycles. The van der Waals surface area contributed by atoms with Crippen LogP contribution in [0.1, 0.15) is 19.4 Å². The van der Waals surface area contributed by atoms with Gasteiger partial charge in [0, 0.05) is 5.69 Å². The molecule has 0 bridgehead atoms. The zero-order valence-electron chi connectivity index (χ0n) is 11.0. The third kappa shape index (κ3) is 3.62. The van der Waals surface area contributed by atoms with Gasteiger partial charge in [0.05, 0.1) is 12.1 Å². The molecule has 3 N–H and O–H groups in total. The van der Waals surface area contributed by atoms with Gasteiger partial charge in [-0.2, -0.15) is 5.10 Å². The van der Waals surface area contributed by atoms with Crippen molar-refractivity contribution in [3.63, 3.8) is 0 Å². The third-order valence-electron chi connectivity index (χ3n) is 2.61. The summed E-state index contributed by atoms with van der Waals surface area (Å²) < 4.78 is 1.73. The van der Waals surface area contributed by atoms with E-state index in [-0.39, 0.29) is 5.91 Å². The van der Waals surface area contributed by atoms with E-state index < -0.39 is 5.54 Å². The molecule has 0 aliphatic heterocycles. The summed E-state index contributed by atoms with van der Waals surface area (Å²) in [5.74, 6) is -0.212. The zero-order valence-corrected chi connectivity index (χ0v) is 11.0. The first-order chi connectivity index (χ1) is 8.95. The van der Waals surface area contributed by atoms with Crippen LogP contribution in [0.2, 0.25) is 0 Å². The zero-order chi connectivity index (χ0) is 13.9. The van der Waals surface area contributed by atoms with E-state index in [9.17, 15) is 4.79 Å². The molecule has 2 rings (SSSR count). The number of rotatable bonds is 4. The first kappa shape index (κ1) is 13.2. The van der Waals surface area contributed by atoms with Gasteiger partial charge < -0.3 is 11.1 Å². The number of benzene rings is 1. The number of carbonyl (C=O) groups excluding carboxylic acids is 1. The summed E-state index contributed by atoms with van der Waals surface area (Å²) in [4.78, 5) is 15.6. The van der Waals surface area contributed by atoms with Crippen molar-refractivity contribution in [3.8, 4) is 0 Å². The van der Waals surface area contributed by atoms with Crippen molar-refractivity contribution < 1.29 is 4.79 Å². The Bertz CT molecular complexity index is 539. The molecule has 0 aliphatic rings. The lowest BCUT2D eigenvalue weighted by Crippen LogP contribution is -2.45. The van der Waals surface area contributed by atoms with Crippen molar-refractivity contribution in [1.29, 1.82) is 0 Å². The summed E-state index contributed by atoms with van der Waals surface area (Å²) in [6.07, 6.45) is 3.16. The Morgan fingerprint density at radius 2 is 2.05 bits per heavy atom. The highest BCUT2D eigenvalue weighted by Gasteiger charge is 2.21. The molecule has 0 aliphatic carbocycles. The fourth-order valence-electron chi connectivity index (χ4n) is 1.49. The van der Waals surface area contributed by atoms with Crippen LogP contribution in [0.4, 0.5) is 5.69 Å². The molecule has 1 aromatic carbocycles. The van der Waals surface area contributed by atoms with Crippen molar-refractivity contribution in [2.75, 3.05) is 5.32 Å². The molecule has 1 heterocycles. The first-order valence-corrected chi connectivity index (χ1v) is 5.97. The van der Waals surface area contributed by atoms with Gasteiger partial charge in [-0.25, -0.2) is 9.67 Å². The second-order valence-corrected chi connectivity index (χ2v) is 4.97. The summed E-state index contributed by atoms with van der Waals surface area (Å²) in [6.45, 7) is 3.99. The topological polar surface area (TPSA) is 85.8 Å². The van der Waals surface area contributed by atoms with Crippen LogP contribution in [-0.4, -0.2) is 26.2 Å². The largest absolute Gasteiger partial charge is 0.325 e. The molecule has 1 aromatic heterocycles. The first-order valence-electron chi connectivity index (χ1n) is 5.97. The molecule has 2 aromatic rings. The van der Waals surface area contributed by atoms with Gasteiger partial charge >= 0.3 is 0 Å². The molecule has 0 radical (unpaired) electrons. The number of nitrogens with zero attached hydrogens (tertiary/aromatic N) is 3. The highest BCUT2D eigenvalue weighted by molar-refractivity contribution is 5.97. The van der Waals surface area contributed by atoms with E-state index in [1.54, 1.807) is 24.9 Å². The van der Waals surface area contributed by atoms with Gasteiger partial charge in [0.1, 0.15) is 12.7 Å². The van der Waals surface area contributed by atoms with Gasteiger partial charge in [-0.1, -0.05) is 12.1 Å². The Hall–Kier alpha value is -2.21. The van der Waals surface area contributed by atoms with Gasteiger partial charge in [-0.05, 0) is 31.5 Å². The number of nitrogens with two attached hydrogens (primary N) is 1.